The monoisotopic (exact) mass is 541 g/mol. The largest absolute Gasteiger partial charge is 0.426 e. The van der Waals surface area contributed by atoms with E-state index in [0.29, 0.717) is 60.0 Å². The van der Waals surface area contributed by atoms with E-state index in [9.17, 15) is 23.6 Å². The van der Waals surface area contributed by atoms with Crippen molar-refractivity contribution in [3.05, 3.63) is 58.8 Å². The minimum Gasteiger partial charge on any atom is -0.426 e. The molecular weight excluding hydrogens is 517 g/mol. The summed E-state index contributed by atoms with van der Waals surface area (Å²) in [7, 11) is 0. The number of nitrogens with one attached hydrogen (secondary N) is 2. The lowest BCUT2D eigenvalue weighted by Crippen LogP contribution is -3.11. The molecule has 6 saturated carbocycles. The van der Waals surface area contributed by atoms with Crippen LogP contribution >= 0.6 is 0 Å². The van der Waals surface area contributed by atoms with E-state index >= 15 is 0 Å². The summed E-state index contributed by atoms with van der Waals surface area (Å²) >= 11 is 0. The van der Waals surface area contributed by atoms with Gasteiger partial charge in [0.05, 0.1) is 12.6 Å². The number of benzene rings is 1. The second-order valence-corrected chi connectivity index (χ2v) is 12.2. The zero-order valence-electron chi connectivity index (χ0n) is 21.4. The number of amides is 2. The van der Waals surface area contributed by atoms with Crippen LogP contribution in [0, 0.1) is 52.2 Å². The third kappa shape index (κ3) is 2.20. The Morgan fingerprint density at radius 2 is 1.82 bits per heavy atom. The summed E-state index contributed by atoms with van der Waals surface area (Å²) in [5.41, 5.74) is 1.32. The number of rotatable bonds is 8. The molecule has 3 heterocycles. The first-order valence-electron chi connectivity index (χ1n) is 13.8. The van der Waals surface area contributed by atoms with Crippen LogP contribution in [0.25, 0.3) is 5.65 Å². The van der Waals surface area contributed by atoms with Gasteiger partial charge in [-0.05, 0) is 58.6 Å². The van der Waals surface area contributed by atoms with Crippen molar-refractivity contribution in [2.24, 2.45) is 46.3 Å². The Morgan fingerprint density at radius 3 is 2.55 bits per heavy atom. The second kappa shape index (κ2) is 6.94. The maximum Gasteiger partial charge on any atom is 0.315 e. The Morgan fingerprint density at radius 1 is 1.07 bits per heavy atom. The van der Waals surface area contributed by atoms with Crippen molar-refractivity contribution in [1.29, 1.82) is 0 Å². The molecule has 40 heavy (non-hydrogen) atoms. The van der Waals surface area contributed by atoms with Crippen LogP contribution < -0.4 is 15.4 Å². The number of fused-ring (bicyclic) bond motifs is 2. The number of nitrogens with zero attached hydrogens (tertiary/aromatic N) is 3. The average Bonchev–Trinajstić information content (AvgIpc) is 3.54. The molecule has 0 spiro atoms. The second-order valence-electron chi connectivity index (χ2n) is 12.2. The highest BCUT2D eigenvalue weighted by molar-refractivity contribution is 5.98. The Kier molecular flexibility index (Phi) is 3.93. The fourth-order valence-corrected chi connectivity index (χ4v) is 10.1. The van der Waals surface area contributed by atoms with Gasteiger partial charge in [-0.15, -0.1) is 0 Å². The van der Waals surface area contributed by atoms with Crippen LogP contribution in [0.5, 0.6) is 5.75 Å². The van der Waals surface area contributed by atoms with Gasteiger partial charge in [-0.1, -0.05) is 13.0 Å². The molecule has 0 bridgehead atoms. The Bertz CT molecular complexity index is 1710. The minimum atomic E-state index is -0.737. The smallest absolute Gasteiger partial charge is 0.315 e. The molecule has 6 fully saturated rings. The number of esters is 1. The van der Waals surface area contributed by atoms with Crippen molar-refractivity contribution in [2.75, 3.05) is 6.54 Å². The highest BCUT2D eigenvalue weighted by Crippen LogP contribution is 3.10. The number of halogens is 1. The molecule has 2 amide bonds. The van der Waals surface area contributed by atoms with E-state index < -0.39 is 17.6 Å². The fraction of sp³-hybridized carbons (Fsp3) is 0.448. The van der Waals surface area contributed by atoms with Crippen LogP contribution in [0.4, 0.5) is 4.39 Å². The van der Waals surface area contributed by atoms with Gasteiger partial charge in [0.15, 0.2) is 11.5 Å². The molecule has 3 aromatic rings. The zero-order chi connectivity index (χ0) is 27.3. The fourth-order valence-electron chi connectivity index (χ4n) is 10.1. The van der Waals surface area contributed by atoms with Gasteiger partial charge in [0.25, 0.3) is 11.8 Å². The highest BCUT2D eigenvalue weighted by Gasteiger charge is 3.10. The highest BCUT2D eigenvalue weighted by atomic mass is 19.1. The van der Waals surface area contributed by atoms with Gasteiger partial charge in [-0.3, -0.25) is 19.2 Å². The van der Waals surface area contributed by atoms with Crippen LogP contribution in [0.1, 0.15) is 45.4 Å². The third-order valence-electron chi connectivity index (χ3n) is 11.2. The van der Waals surface area contributed by atoms with Gasteiger partial charge in [0.1, 0.15) is 22.9 Å². The van der Waals surface area contributed by atoms with E-state index in [1.54, 1.807) is 18.2 Å². The number of aromatic nitrogens is 3. The molecule has 10 nitrogen and oxygen atoms in total. The van der Waals surface area contributed by atoms with Crippen molar-refractivity contribution < 1.29 is 28.3 Å². The van der Waals surface area contributed by atoms with Crippen LogP contribution in [-0.2, 0) is 22.6 Å². The molecular formula is C29H24FN5O5. The minimum absolute atomic E-state index is 0.0162. The third-order valence-corrected chi connectivity index (χ3v) is 11.2. The number of hydrogen-bond acceptors (Lipinski definition) is 7. The summed E-state index contributed by atoms with van der Waals surface area (Å²) in [6.45, 7) is 2.62. The molecule has 202 valence electrons. The average molecular weight is 542 g/mol. The quantitative estimate of drug-likeness (QED) is 0.328. The molecule has 0 saturated heterocycles. The predicted octanol–water partition coefficient (Wildman–Crippen LogP) is 1.71. The molecule has 2 aromatic heterocycles. The molecule has 11 heteroatoms. The van der Waals surface area contributed by atoms with Crippen molar-refractivity contribution in [2.45, 2.75) is 26.3 Å². The first-order valence-corrected chi connectivity index (χ1v) is 13.8. The zero-order valence-corrected chi connectivity index (χ0v) is 21.4. The van der Waals surface area contributed by atoms with E-state index in [-0.39, 0.29) is 46.8 Å². The van der Waals surface area contributed by atoms with Crippen molar-refractivity contribution in [1.82, 2.24) is 25.2 Å². The number of hydrogen-bond donors (Lipinski definition) is 2. The van der Waals surface area contributed by atoms with E-state index in [1.807, 2.05) is 6.92 Å². The van der Waals surface area contributed by atoms with E-state index in [4.69, 9.17) is 4.74 Å². The summed E-state index contributed by atoms with van der Waals surface area (Å²) in [5, 5.41) is 9.77. The SMILES string of the molecule is CCC(=O)C12C3C4C1C1C2C3C41CNC(=O)c1cc(C(=O)NCc2ccc3c(c2)CC(=O)O3)nc2c(F)cnn12. The summed E-state index contributed by atoms with van der Waals surface area (Å²) in [6.07, 6.45) is 1.76. The number of carbonyl (C=O) groups is 4. The molecule has 0 atom stereocenters. The van der Waals surface area contributed by atoms with E-state index in [0.717, 1.165) is 21.8 Å². The first-order chi connectivity index (χ1) is 19.3. The van der Waals surface area contributed by atoms with Crippen LogP contribution in [-0.4, -0.2) is 44.7 Å². The van der Waals surface area contributed by atoms with Gasteiger partial charge in [-0.2, -0.15) is 5.10 Å². The van der Waals surface area contributed by atoms with Gasteiger partial charge >= 0.3 is 5.97 Å². The van der Waals surface area contributed by atoms with Crippen LogP contribution in [0.15, 0.2) is 30.5 Å². The van der Waals surface area contributed by atoms with Gasteiger partial charge in [-0.25, -0.2) is 13.9 Å². The molecule has 0 radical (unpaired) electrons. The molecule has 7 aliphatic rings. The van der Waals surface area contributed by atoms with Gasteiger partial charge in [0, 0.05) is 36.6 Å². The number of ketones is 1. The summed E-state index contributed by atoms with van der Waals surface area (Å²) in [5.74, 6) is 2.01. The standard InChI is InChI=1S/C29H24FN5O5/c1-2-17(36)29-22-19-23(29)21-24(29)20(22)28(19,21)10-32-27(39)15-7-14(34-25-13(30)9-33-35(15)25)26(38)31-8-11-3-4-16-12(5-11)6-18(37)40-16/h3-5,7,9,19-24H,2,6,8,10H2,1H3,(H,31,38)(H,32,39). The van der Waals surface area contributed by atoms with Crippen molar-refractivity contribution in [3.8, 4) is 5.75 Å². The maximum absolute atomic E-state index is 14.5. The molecule has 0 unspecified atom stereocenters. The molecule has 1 aromatic carbocycles. The predicted molar refractivity (Wildman–Crippen MR) is 133 cm³/mol. The normalized spacial score (nSPS) is 35.7. The Balaban J connectivity index is 0.919. The number of carbonyl (C=O) groups excluding carboxylic acids is 4. The van der Waals surface area contributed by atoms with Gasteiger partial charge < -0.3 is 15.4 Å². The summed E-state index contributed by atoms with van der Waals surface area (Å²) < 4.78 is 20.7. The Hall–Kier alpha value is -4.15. The molecule has 2 N–H and O–H groups in total. The summed E-state index contributed by atoms with van der Waals surface area (Å²) in [4.78, 5) is 54.6. The number of Topliss-reactive ketones (excluding diaryl/α,β-unsaturated/α-hetero) is 1. The maximum atomic E-state index is 14.5. The summed E-state index contributed by atoms with van der Waals surface area (Å²) in [6, 6.07) is 6.54. The van der Waals surface area contributed by atoms with Crippen molar-refractivity contribution in [3.63, 3.8) is 0 Å². The van der Waals surface area contributed by atoms with Crippen LogP contribution in [0.3, 0.4) is 0 Å². The van der Waals surface area contributed by atoms with Crippen molar-refractivity contribution >= 4 is 29.2 Å². The van der Waals surface area contributed by atoms with Gasteiger partial charge in [0.2, 0.25) is 0 Å². The lowest BCUT2D eigenvalue weighted by molar-refractivity contribution is -0.638. The number of ether oxygens (including phenoxy) is 1. The molecule has 10 rings (SSSR count). The molecule has 1 aliphatic heterocycles. The van der Waals surface area contributed by atoms with E-state index in [1.165, 1.54) is 6.07 Å². The molecule has 6 aliphatic carbocycles. The topological polar surface area (TPSA) is 132 Å². The first kappa shape index (κ1) is 22.6. The van der Waals surface area contributed by atoms with Crippen LogP contribution in [0.2, 0.25) is 0 Å². The lowest BCUT2D eigenvalue weighted by Gasteiger charge is -3.11. The Labute approximate surface area is 226 Å². The van der Waals surface area contributed by atoms with E-state index in [2.05, 4.69) is 20.7 Å². The lowest BCUT2D eigenvalue weighted by atomic mass is 8.92.